The molecular formula is C46H30N2S2. The molecule has 2 nitrogen and oxygen atoms in total. The van der Waals surface area contributed by atoms with Gasteiger partial charge in [0.25, 0.3) is 0 Å². The maximum absolute atomic E-state index is 5.07. The zero-order valence-electron chi connectivity index (χ0n) is 27.0. The molecular weight excluding hydrogens is 645 g/mol. The number of fused-ring (bicyclic) bond motifs is 2. The molecule has 0 aliphatic rings. The summed E-state index contributed by atoms with van der Waals surface area (Å²) in [5, 5.41) is 2.01. The number of para-hydroxylation sites is 2. The Labute approximate surface area is 299 Å². The van der Waals surface area contributed by atoms with E-state index in [0.29, 0.717) is 0 Å². The second-order valence-electron chi connectivity index (χ2n) is 12.2. The fraction of sp³-hybridized carbons (Fsp3) is 0. The summed E-state index contributed by atoms with van der Waals surface area (Å²) in [4.78, 5) is 10.1. The zero-order chi connectivity index (χ0) is 33.3. The molecule has 0 fully saturated rings. The van der Waals surface area contributed by atoms with Gasteiger partial charge >= 0.3 is 0 Å². The van der Waals surface area contributed by atoms with E-state index in [1.54, 1.807) is 22.7 Å². The Morgan fingerprint density at radius 3 is 1.20 bits per heavy atom. The summed E-state index contributed by atoms with van der Waals surface area (Å²) < 4.78 is 2.37. The number of thiazole rings is 2. The summed E-state index contributed by atoms with van der Waals surface area (Å²) >= 11 is 3.46. The van der Waals surface area contributed by atoms with Crippen LogP contribution in [0.3, 0.4) is 0 Å². The van der Waals surface area contributed by atoms with E-state index in [-0.39, 0.29) is 0 Å². The van der Waals surface area contributed by atoms with Gasteiger partial charge in [0, 0.05) is 11.1 Å². The van der Waals surface area contributed by atoms with Crippen LogP contribution in [0.1, 0.15) is 22.3 Å². The monoisotopic (exact) mass is 674 g/mol. The van der Waals surface area contributed by atoms with Gasteiger partial charge in [-0.2, -0.15) is 0 Å². The number of nitrogens with zero attached hydrogens (tertiary/aromatic N) is 2. The molecule has 2 aromatic heterocycles. The lowest BCUT2D eigenvalue weighted by atomic mass is 9.85. The van der Waals surface area contributed by atoms with Crippen LogP contribution in [-0.4, -0.2) is 9.97 Å². The summed E-state index contributed by atoms with van der Waals surface area (Å²) in [7, 11) is 0. The number of aromatic nitrogens is 2. The molecule has 0 saturated heterocycles. The van der Waals surface area contributed by atoms with E-state index >= 15 is 0 Å². The first-order chi connectivity index (χ1) is 24.8. The van der Waals surface area contributed by atoms with E-state index in [9.17, 15) is 0 Å². The number of hydrogen-bond donors (Lipinski definition) is 0. The molecule has 9 aromatic rings. The Bertz CT molecular complexity index is 2440. The molecule has 50 heavy (non-hydrogen) atoms. The van der Waals surface area contributed by atoms with Crippen molar-refractivity contribution in [3.05, 3.63) is 204 Å². The second kappa shape index (κ2) is 13.2. The van der Waals surface area contributed by atoms with Crippen molar-refractivity contribution in [2.24, 2.45) is 0 Å². The highest BCUT2D eigenvalue weighted by molar-refractivity contribution is 7.22. The number of benzene rings is 7. The van der Waals surface area contributed by atoms with Crippen LogP contribution in [0.25, 0.3) is 63.8 Å². The van der Waals surface area contributed by atoms with Gasteiger partial charge in [0.1, 0.15) is 10.0 Å². The summed E-state index contributed by atoms with van der Waals surface area (Å²) in [5.74, 6) is 0. The van der Waals surface area contributed by atoms with Crippen LogP contribution in [0, 0.1) is 0 Å². The maximum Gasteiger partial charge on any atom is 0.124 e. The summed E-state index contributed by atoms with van der Waals surface area (Å²) in [5.41, 5.74) is 13.6. The second-order valence-corrected chi connectivity index (χ2v) is 14.3. The normalized spacial score (nSPS) is 11.2. The lowest BCUT2D eigenvalue weighted by Crippen LogP contribution is -1.98. The van der Waals surface area contributed by atoms with Crippen molar-refractivity contribution in [3.63, 3.8) is 0 Å². The van der Waals surface area contributed by atoms with Crippen LogP contribution in [0.2, 0.25) is 0 Å². The Kier molecular flexibility index (Phi) is 7.94. The van der Waals surface area contributed by atoms with Gasteiger partial charge in [-0.15, -0.1) is 22.7 Å². The zero-order valence-corrected chi connectivity index (χ0v) is 28.7. The molecule has 0 amide bonds. The first-order valence-corrected chi connectivity index (χ1v) is 18.3. The minimum absolute atomic E-state index is 1.01. The van der Waals surface area contributed by atoms with Gasteiger partial charge in [0.2, 0.25) is 0 Å². The Morgan fingerprint density at radius 2 is 0.720 bits per heavy atom. The average molecular weight is 675 g/mol. The maximum atomic E-state index is 5.07. The molecule has 9 rings (SSSR count). The molecule has 4 heteroatoms. The Balaban J connectivity index is 1.27. The van der Waals surface area contributed by atoms with Crippen molar-refractivity contribution >= 4 is 54.3 Å². The van der Waals surface area contributed by atoms with Gasteiger partial charge < -0.3 is 0 Å². The first kappa shape index (κ1) is 30.1. The van der Waals surface area contributed by atoms with Gasteiger partial charge in [-0.05, 0) is 93.1 Å². The SMILES string of the molecule is c1ccc(C(=C(c2ccccc2)c2cccc(-c3cc(-c4nc5ccccc5s4)cc(-c4nc5ccccc5s4)c3)c2)c2ccccc2)cc1. The summed E-state index contributed by atoms with van der Waals surface area (Å²) in [6, 6.07) is 64.8. The third-order valence-corrected chi connectivity index (χ3v) is 11.1. The quantitative estimate of drug-likeness (QED) is 0.157. The molecule has 2 heterocycles. The largest absolute Gasteiger partial charge is 0.236 e. The summed E-state index contributed by atoms with van der Waals surface area (Å²) in [6.07, 6.45) is 0. The molecule has 0 aliphatic carbocycles. The fourth-order valence-electron chi connectivity index (χ4n) is 6.61. The Morgan fingerprint density at radius 1 is 0.320 bits per heavy atom. The number of hydrogen-bond acceptors (Lipinski definition) is 4. The van der Waals surface area contributed by atoms with Gasteiger partial charge in [0.05, 0.1) is 20.4 Å². The third-order valence-electron chi connectivity index (χ3n) is 8.94. The molecule has 0 radical (unpaired) electrons. The van der Waals surface area contributed by atoms with E-state index in [0.717, 1.165) is 48.9 Å². The van der Waals surface area contributed by atoms with Gasteiger partial charge in [-0.1, -0.05) is 133 Å². The molecule has 7 aromatic carbocycles. The lowest BCUT2D eigenvalue weighted by molar-refractivity contribution is 1.45. The Hall–Kier alpha value is -5.94. The highest BCUT2D eigenvalue weighted by Gasteiger charge is 2.18. The molecule has 0 atom stereocenters. The van der Waals surface area contributed by atoms with Crippen molar-refractivity contribution < 1.29 is 0 Å². The predicted octanol–water partition coefficient (Wildman–Crippen LogP) is 12.9. The average Bonchev–Trinajstić information content (AvgIpc) is 3.83. The molecule has 0 saturated carbocycles. The highest BCUT2D eigenvalue weighted by Crippen LogP contribution is 2.41. The lowest BCUT2D eigenvalue weighted by Gasteiger charge is -2.19. The molecule has 0 aliphatic heterocycles. The van der Waals surface area contributed by atoms with Crippen molar-refractivity contribution in [1.29, 1.82) is 0 Å². The molecule has 0 N–H and O–H groups in total. The third kappa shape index (κ3) is 5.85. The minimum atomic E-state index is 1.01. The standard InChI is InChI=1S/C46H30N2S2/c1-4-15-31(16-5-1)43(32-17-6-2-7-18-32)44(33-19-8-3-9-20-33)35-22-14-21-34(27-35)36-28-37(45-47-39-23-10-12-25-41(39)49-45)30-38(29-36)46-48-40-24-11-13-26-42(40)50-46/h1-30H. The van der Waals surface area contributed by atoms with Crippen LogP contribution < -0.4 is 0 Å². The summed E-state index contributed by atoms with van der Waals surface area (Å²) in [6.45, 7) is 0. The van der Waals surface area contributed by atoms with Gasteiger partial charge in [0.15, 0.2) is 0 Å². The van der Waals surface area contributed by atoms with Crippen molar-refractivity contribution in [3.8, 4) is 32.3 Å². The fourth-order valence-corrected chi connectivity index (χ4v) is 8.52. The van der Waals surface area contributed by atoms with Gasteiger partial charge in [-0.3, -0.25) is 0 Å². The van der Waals surface area contributed by atoms with Crippen molar-refractivity contribution in [1.82, 2.24) is 9.97 Å². The van der Waals surface area contributed by atoms with E-state index < -0.39 is 0 Å². The first-order valence-electron chi connectivity index (χ1n) is 16.7. The molecule has 0 unspecified atom stereocenters. The molecule has 0 spiro atoms. The van der Waals surface area contributed by atoms with E-state index in [4.69, 9.17) is 9.97 Å². The van der Waals surface area contributed by atoms with E-state index in [1.165, 1.54) is 37.2 Å². The van der Waals surface area contributed by atoms with Crippen molar-refractivity contribution in [2.75, 3.05) is 0 Å². The molecule has 236 valence electrons. The van der Waals surface area contributed by atoms with Crippen LogP contribution >= 0.6 is 22.7 Å². The topological polar surface area (TPSA) is 25.8 Å². The van der Waals surface area contributed by atoms with Crippen LogP contribution in [0.15, 0.2) is 182 Å². The van der Waals surface area contributed by atoms with Crippen LogP contribution in [-0.2, 0) is 0 Å². The van der Waals surface area contributed by atoms with Gasteiger partial charge in [-0.25, -0.2) is 9.97 Å². The minimum Gasteiger partial charge on any atom is -0.236 e. The van der Waals surface area contributed by atoms with E-state index in [1.807, 2.05) is 0 Å². The predicted molar refractivity (Wildman–Crippen MR) is 213 cm³/mol. The smallest absolute Gasteiger partial charge is 0.124 e. The van der Waals surface area contributed by atoms with Crippen molar-refractivity contribution in [2.45, 2.75) is 0 Å². The highest BCUT2D eigenvalue weighted by atomic mass is 32.1. The van der Waals surface area contributed by atoms with E-state index in [2.05, 4.69) is 182 Å². The molecule has 0 bridgehead atoms. The number of rotatable bonds is 7. The van der Waals surface area contributed by atoms with Crippen LogP contribution in [0.5, 0.6) is 0 Å². The van der Waals surface area contributed by atoms with Crippen LogP contribution in [0.4, 0.5) is 0 Å².